The van der Waals surface area contributed by atoms with Crippen LogP contribution >= 0.6 is 22.7 Å². The van der Waals surface area contributed by atoms with E-state index >= 15 is 0 Å². The third-order valence-electron chi connectivity index (χ3n) is 2.43. The SMILES string of the molecule is Cc1nc(CN(C)S(=O)(=O)c2scnc2C(=O)O)cs1. The molecular formula is C10H11N3O4S3. The van der Waals surface area contributed by atoms with E-state index in [1.807, 2.05) is 6.92 Å². The molecule has 0 spiro atoms. The molecule has 0 fully saturated rings. The number of aromatic nitrogens is 2. The molecule has 20 heavy (non-hydrogen) atoms. The summed E-state index contributed by atoms with van der Waals surface area (Å²) in [5.41, 5.74) is 1.38. The van der Waals surface area contributed by atoms with Crippen molar-refractivity contribution < 1.29 is 18.3 Å². The molecule has 2 rings (SSSR count). The zero-order valence-corrected chi connectivity index (χ0v) is 13.0. The fraction of sp³-hybridized carbons (Fsp3) is 0.300. The van der Waals surface area contributed by atoms with Gasteiger partial charge in [0.25, 0.3) is 10.0 Å². The number of sulfonamides is 1. The monoisotopic (exact) mass is 333 g/mol. The van der Waals surface area contributed by atoms with Gasteiger partial charge in [-0.15, -0.1) is 22.7 Å². The normalized spacial score (nSPS) is 11.9. The summed E-state index contributed by atoms with van der Waals surface area (Å²) in [7, 11) is -2.50. The molecule has 0 aliphatic heterocycles. The lowest BCUT2D eigenvalue weighted by molar-refractivity contribution is 0.0687. The van der Waals surface area contributed by atoms with Crippen LogP contribution in [0.4, 0.5) is 0 Å². The van der Waals surface area contributed by atoms with Gasteiger partial charge in [0.1, 0.15) is 0 Å². The number of rotatable bonds is 5. The predicted molar refractivity (Wildman–Crippen MR) is 74.6 cm³/mol. The minimum absolute atomic E-state index is 0.0869. The number of aryl methyl sites for hydroxylation is 1. The number of nitrogens with zero attached hydrogens (tertiary/aromatic N) is 3. The smallest absolute Gasteiger partial charge is 0.356 e. The summed E-state index contributed by atoms with van der Waals surface area (Å²) < 4.78 is 25.5. The van der Waals surface area contributed by atoms with Crippen LogP contribution in [0.15, 0.2) is 15.1 Å². The van der Waals surface area contributed by atoms with E-state index in [0.717, 1.165) is 20.6 Å². The first-order valence-electron chi connectivity index (χ1n) is 5.36. The van der Waals surface area contributed by atoms with Gasteiger partial charge < -0.3 is 5.11 Å². The molecule has 1 N–H and O–H groups in total. The molecule has 2 heterocycles. The van der Waals surface area contributed by atoms with E-state index in [0.29, 0.717) is 5.69 Å². The van der Waals surface area contributed by atoms with Gasteiger partial charge in [0.15, 0.2) is 9.90 Å². The van der Waals surface area contributed by atoms with E-state index in [-0.39, 0.29) is 10.8 Å². The van der Waals surface area contributed by atoms with Crippen molar-refractivity contribution in [3.05, 3.63) is 27.3 Å². The van der Waals surface area contributed by atoms with Crippen molar-refractivity contribution in [3.63, 3.8) is 0 Å². The summed E-state index contributed by atoms with van der Waals surface area (Å²) in [4.78, 5) is 18.7. The number of hydrogen-bond acceptors (Lipinski definition) is 7. The summed E-state index contributed by atoms with van der Waals surface area (Å²) >= 11 is 2.22. The fourth-order valence-corrected chi connectivity index (χ4v) is 4.57. The average Bonchev–Trinajstić information content (AvgIpc) is 2.98. The van der Waals surface area contributed by atoms with Crippen LogP contribution in [0.3, 0.4) is 0 Å². The highest BCUT2D eigenvalue weighted by molar-refractivity contribution is 7.91. The second kappa shape index (κ2) is 5.56. The van der Waals surface area contributed by atoms with Crippen LogP contribution in [0, 0.1) is 6.92 Å². The average molecular weight is 333 g/mol. The second-order valence-electron chi connectivity index (χ2n) is 3.91. The van der Waals surface area contributed by atoms with Crippen LogP contribution in [0.25, 0.3) is 0 Å². The molecule has 108 valence electrons. The highest BCUT2D eigenvalue weighted by Gasteiger charge is 2.29. The standard InChI is InChI=1S/C10H11N3O4S3/c1-6-12-7(4-18-6)3-13(2)20(16,17)10-8(9(14)15)11-5-19-10/h4-5H,3H2,1-2H3,(H,14,15). The highest BCUT2D eigenvalue weighted by atomic mass is 32.2. The molecule has 10 heteroatoms. The Balaban J connectivity index is 2.30. The third kappa shape index (κ3) is 2.87. The minimum Gasteiger partial charge on any atom is -0.476 e. The molecule has 7 nitrogen and oxygen atoms in total. The maximum absolute atomic E-state index is 12.3. The third-order valence-corrected chi connectivity index (χ3v) is 6.41. The van der Waals surface area contributed by atoms with Gasteiger partial charge >= 0.3 is 5.97 Å². The van der Waals surface area contributed by atoms with Crippen LogP contribution in [0.2, 0.25) is 0 Å². The zero-order valence-electron chi connectivity index (χ0n) is 10.6. The van der Waals surface area contributed by atoms with Gasteiger partial charge in [-0.3, -0.25) is 0 Å². The van der Waals surface area contributed by atoms with Crippen molar-refractivity contribution in [1.29, 1.82) is 0 Å². The topological polar surface area (TPSA) is 100 Å². The van der Waals surface area contributed by atoms with E-state index in [2.05, 4.69) is 9.97 Å². The maximum atomic E-state index is 12.3. The maximum Gasteiger partial charge on any atom is 0.356 e. The Hall–Kier alpha value is -1.36. The van der Waals surface area contributed by atoms with E-state index in [9.17, 15) is 13.2 Å². The lowest BCUT2D eigenvalue weighted by Crippen LogP contribution is -2.27. The number of carbonyl (C=O) groups is 1. The molecule has 2 aromatic heterocycles. The lowest BCUT2D eigenvalue weighted by Gasteiger charge is -2.14. The number of hydrogen-bond donors (Lipinski definition) is 1. The molecule has 0 aliphatic carbocycles. The molecule has 0 atom stereocenters. The summed E-state index contributed by atoms with van der Waals surface area (Å²) in [5, 5.41) is 11.6. The Bertz CT molecular complexity index is 735. The quantitative estimate of drug-likeness (QED) is 0.888. The van der Waals surface area contributed by atoms with E-state index in [4.69, 9.17) is 5.11 Å². The lowest BCUT2D eigenvalue weighted by atomic mass is 10.5. The molecule has 0 unspecified atom stereocenters. The Morgan fingerprint density at radius 1 is 1.45 bits per heavy atom. The van der Waals surface area contributed by atoms with Crippen molar-refractivity contribution in [2.45, 2.75) is 17.7 Å². The summed E-state index contributed by atoms with van der Waals surface area (Å²) in [6.07, 6.45) is 0. The van der Waals surface area contributed by atoms with Gasteiger partial charge in [-0.05, 0) is 6.92 Å². The van der Waals surface area contributed by atoms with Gasteiger partial charge in [0.2, 0.25) is 0 Å². The Morgan fingerprint density at radius 3 is 2.70 bits per heavy atom. The van der Waals surface area contributed by atoms with E-state index in [1.165, 1.54) is 23.9 Å². The van der Waals surface area contributed by atoms with Gasteiger partial charge in [-0.25, -0.2) is 23.2 Å². The summed E-state index contributed by atoms with van der Waals surface area (Å²) in [6.45, 7) is 1.91. The fourth-order valence-electron chi connectivity index (χ4n) is 1.50. The number of carboxylic acids is 1. The van der Waals surface area contributed by atoms with Crippen molar-refractivity contribution in [2.24, 2.45) is 0 Å². The first kappa shape index (κ1) is 15.0. The Kier molecular flexibility index (Phi) is 4.18. The van der Waals surface area contributed by atoms with Crippen molar-refractivity contribution in [3.8, 4) is 0 Å². The first-order chi connectivity index (χ1) is 9.32. The molecule has 0 aliphatic rings. The zero-order chi connectivity index (χ0) is 14.9. The Labute approximate surface area is 123 Å². The molecule has 0 amide bonds. The number of thiazole rings is 2. The second-order valence-corrected chi connectivity index (χ2v) is 8.07. The highest BCUT2D eigenvalue weighted by Crippen LogP contribution is 2.24. The Morgan fingerprint density at radius 2 is 2.15 bits per heavy atom. The largest absolute Gasteiger partial charge is 0.476 e. The van der Waals surface area contributed by atoms with Gasteiger partial charge in [0.05, 0.1) is 22.8 Å². The molecule has 0 saturated heterocycles. The van der Waals surface area contributed by atoms with Gasteiger partial charge in [0, 0.05) is 12.4 Å². The van der Waals surface area contributed by atoms with Crippen LogP contribution in [-0.2, 0) is 16.6 Å². The molecule has 0 bridgehead atoms. The predicted octanol–water partition coefficient (Wildman–Crippen LogP) is 1.43. The summed E-state index contributed by atoms with van der Waals surface area (Å²) in [5.74, 6) is -1.36. The van der Waals surface area contributed by atoms with Crippen molar-refractivity contribution >= 4 is 38.7 Å². The molecule has 0 saturated carbocycles. The van der Waals surface area contributed by atoms with Crippen molar-refractivity contribution in [2.75, 3.05) is 7.05 Å². The molecular weight excluding hydrogens is 322 g/mol. The van der Waals surface area contributed by atoms with E-state index in [1.54, 1.807) is 5.38 Å². The van der Waals surface area contributed by atoms with E-state index < -0.39 is 21.7 Å². The number of aromatic carboxylic acids is 1. The molecule has 2 aromatic rings. The van der Waals surface area contributed by atoms with Gasteiger partial charge in [-0.1, -0.05) is 0 Å². The van der Waals surface area contributed by atoms with Crippen LogP contribution in [0.1, 0.15) is 21.2 Å². The molecule has 0 aromatic carbocycles. The first-order valence-corrected chi connectivity index (χ1v) is 8.56. The summed E-state index contributed by atoms with van der Waals surface area (Å²) in [6, 6.07) is 0. The minimum atomic E-state index is -3.89. The van der Waals surface area contributed by atoms with Crippen LogP contribution in [0.5, 0.6) is 0 Å². The number of carboxylic acid groups (broad SMARTS) is 1. The van der Waals surface area contributed by atoms with Gasteiger partial charge in [-0.2, -0.15) is 4.31 Å². The van der Waals surface area contributed by atoms with Crippen LogP contribution < -0.4 is 0 Å². The molecule has 0 radical (unpaired) electrons. The van der Waals surface area contributed by atoms with Crippen LogP contribution in [-0.4, -0.2) is 40.8 Å². The van der Waals surface area contributed by atoms with Crippen molar-refractivity contribution in [1.82, 2.24) is 14.3 Å².